The molecule has 2 aromatic rings. The van der Waals surface area contributed by atoms with E-state index in [4.69, 9.17) is 4.74 Å². The van der Waals surface area contributed by atoms with Crippen molar-refractivity contribution in [3.8, 4) is 6.07 Å². The summed E-state index contributed by atoms with van der Waals surface area (Å²) in [5, 5.41) is 21.8. The first-order valence-electron chi connectivity index (χ1n) is 9.37. The van der Waals surface area contributed by atoms with Gasteiger partial charge in [0, 0.05) is 30.2 Å². The molecule has 4 rings (SSSR count). The lowest BCUT2D eigenvalue weighted by atomic mass is 9.96. The standard InChI is InChI=1S/C20H20N4O3S/c21-12-16-15-3-1-2-4-19(15)28-20(16)22-13-14-5-6-17(18(11-14)24(25)26)23-7-9-27-10-8-23/h5-6,11,13H,1-4,7-10H2. The molecule has 2 heterocycles. The first kappa shape index (κ1) is 18.6. The first-order chi connectivity index (χ1) is 13.7. The molecule has 2 aliphatic rings. The largest absolute Gasteiger partial charge is 0.378 e. The molecule has 1 fully saturated rings. The van der Waals surface area contributed by atoms with E-state index in [-0.39, 0.29) is 10.6 Å². The van der Waals surface area contributed by atoms with Gasteiger partial charge in [0.1, 0.15) is 16.8 Å². The van der Waals surface area contributed by atoms with Crippen LogP contribution in [0.2, 0.25) is 0 Å². The van der Waals surface area contributed by atoms with E-state index in [1.165, 1.54) is 4.88 Å². The van der Waals surface area contributed by atoms with Crippen molar-refractivity contribution in [2.24, 2.45) is 4.99 Å². The van der Waals surface area contributed by atoms with Gasteiger partial charge in [-0.15, -0.1) is 11.3 Å². The third-order valence-electron chi connectivity index (χ3n) is 5.14. The molecule has 1 aliphatic carbocycles. The number of fused-ring (bicyclic) bond motifs is 1. The number of hydrogen-bond acceptors (Lipinski definition) is 7. The Balaban J connectivity index is 1.63. The van der Waals surface area contributed by atoms with Crippen molar-refractivity contribution in [1.29, 1.82) is 5.26 Å². The van der Waals surface area contributed by atoms with Crippen LogP contribution in [0.3, 0.4) is 0 Å². The summed E-state index contributed by atoms with van der Waals surface area (Å²) < 4.78 is 5.33. The summed E-state index contributed by atoms with van der Waals surface area (Å²) in [5.41, 5.74) is 3.13. The van der Waals surface area contributed by atoms with Gasteiger partial charge in [-0.25, -0.2) is 4.99 Å². The molecule has 7 nitrogen and oxygen atoms in total. The Morgan fingerprint density at radius 2 is 2.07 bits per heavy atom. The van der Waals surface area contributed by atoms with Crippen LogP contribution in [-0.2, 0) is 17.6 Å². The van der Waals surface area contributed by atoms with Crippen molar-refractivity contribution >= 4 is 33.9 Å². The first-order valence-corrected chi connectivity index (χ1v) is 10.2. The summed E-state index contributed by atoms with van der Waals surface area (Å²) in [7, 11) is 0. The minimum atomic E-state index is -0.354. The number of morpholine rings is 1. The second-order valence-electron chi connectivity index (χ2n) is 6.87. The van der Waals surface area contributed by atoms with Gasteiger partial charge in [-0.3, -0.25) is 10.1 Å². The SMILES string of the molecule is N#Cc1c(N=Cc2ccc(N3CCOCC3)c([N+](=O)[O-])c2)sc2c1CCCC2. The third kappa shape index (κ3) is 3.63. The van der Waals surface area contributed by atoms with E-state index in [1.54, 1.807) is 29.7 Å². The number of aliphatic imine (C=N–C) groups is 1. The zero-order valence-electron chi connectivity index (χ0n) is 15.4. The van der Waals surface area contributed by atoms with E-state index in [2.05, 4.69) is 11.1 Å². The highest BCUT2D eigenvalue weighted by molar-refractivity contribution is 7.16. The fourth-order valence-electron chi connectivity index (χ4n) is 3.73. The topological polar surface area (TPSA) is 91.8 Å². The smallest absolute Gasteiger partial charge is 0.293 e. The Labute approximate surface area is 167 Å². The normalized spacial score (nSPS) is 16.8. The Hall–Kier alpha value is -2.76. The maximum Gasteiger partial charge on any atom is 0.293 e. The predicted molar refractivity (Wildman–Crippen MR) is 109 cm³/mol. The van der Waals surface area contributed by atoms with Crippen LogP contribution in [0.1, 0.15) is 34.4 Å². The maximum atomic E-state index is 11.6. The van der Waals surface area contributed by atoms with E-state index in [0.717, 1.165) is 31.2 Å². The Morgan fingerprint density at radius 1 is 1.29 bits per heavy atom. The van der Waals surface area contributed by atoms with Gasteiger partial charge in [0.15, 0.2) is 0 Å². The number of nitriles is 1. The molecule has 0 spiro atoms. The lowest BCUT2D eigenvalue weighted by Crippen LogP contribution is -2.36. The van der Waals surface area contributed by atoms with Crippen molar-refractivity contribution in [1.82, 2.24) is 0 Å². The van der Waals surface area contributed by atoms with Crippen LogP contribution in [0.15, 0.2) is 23.2 Å². The molecule has 0 unspecified atom stereocenters. The number of aryl methyl sites for hydroxylation is 1. The number of ether oxygens (including phenoxy) is 1. The lowest BCUT2D eigenvalue weighted by Gasteiger charge is -2.28. The van der Waals surface area contributed by atoms with Crippen molar-refractivity contribution < 1.29 is 9.66 Å². The second-order valence-corrected chi connectivity index (χ2v) is 7.95. The zero-order chi connectivity index (χ0) is 19.5. The fourth-order valence-corrected chi connectivity index (χ4v) is 4.91. The summed E-state index contributed by atoms with van der Waals surface area (Å²) in [5.74, 6) is 0. The average Bonchev–Trinajstić information content (AvgIpc) is 3.10. The van der Waals surface area contributed by atoms with Crippen LogP contribution in [-0.4, -0.2) is 37.4 Å². The van der Waals surface area contributed by atoms with E-state index < -0.39 is 0 Å². The van der Waals surface area contributed by atoms with Crippen LogP contribution in [0.25, 0.3) is 0 Å². The van der Waals surface area contributed by atoms with Crippen LogP contribution in [0, 0.1) is 21.4 Å². The highest BCUT2D eigenvalue weighted by atomic mass is 32.1. The van der Waals surface area contributed by atoms with Crippen LogP contribution >= 0.6 is 11.3 Å². The summed E-state index contributed by atoms with van der Waals surface area (Å²) in [6.07, 6.45) is 5.82. The Kier molecular flexibility index (Phi) is 5.37. The van der Waals surface area contributed by atoms with Crippen LogP contribution in [0.4, 0.5) is 16.4 Å². The van der Waals surface area contributed by atoms with Gasteiger partial charge in [0.25, 0.3) is 5.69 Å². The molecule has 0 amide bonds. The summed E-state index contributed by atoms with van der Waals surface area (Å²) in [6, 6.07) is 7.45. The van der Waals surface area contributed by atoms with E-state index in [0.29, 0.717) is 48.1 Å². The van der Waals surface area contributed by atoms with Gasteiger partial charge in [0.05, 0.1) is 23.7 Å². The molecule has 8 heteroatoms. The Morgan fingerprint density at radius 3 is 2.82 bits per heavy atom. The van der Waals surface area contributed by atoms with Crippen LogP contribution < -0.4 is 4.90 Å². The molecule has 1 saturated heterocycles. The number of rotatable bonds is 4. The summed E-state index contributed by atoms with van der Waals surface area (Å²) >= 11 is 1.57. The molecule has 0 bridgehead atoms. The number of hydrogen-bond donors (Lipinski definition) is 0. The monoisotopic (exact) mass is 396 g/mol. The molecule has 0 saturated carbocycles. The van der Waals surface area contributed by atoms with Crippen molar-refractivity contribution in [3.05, 3.63) is 49.9 Å². The average molecular weight is 396 g/mol. The number of thiophene rings is 1. The quantitative estimate of drug-likeness (QED) is 0.443. The molecule has 144 valence electrons. The van der Waals surface area contributed by atoms with Gasteiger partial charge in [0.2, 0.25) is 0 Å². The Bertz CT molecular complexity index is 971. The van der Waals surface area contributed by atoms with Gasteiger partial charge in [-0.1, -0.05) is 6.07 Å². The molecule has 28 heavy (non-hydrogen) atoms. The lowest BCUT2D eigenvalue weighted by molar-refractivity contribution is -0.384. The molecule has 1 aromatic heterocycles. The second kappa shape index (κ2) is 8.09. The van der Waals surface area contributed by atoms with Crippen molar-refractivity contribution in [2.45, 2.75) is 25.7 Å². The molecule has 0 atom stereocenters. The van der Waals surface area contributed by atoms with Gasteiger partial charge < -0.3 is 9.64 Å². The maximum absolute atomic E-state index is 11.6. The van der Waals surface area contributed by atoms with Crippen LogP contribution in [0.5, 0.6) is 0 Å². The minimum Gasteiger partial charge on any atom is -0.378 e. The number of nitro groups is 1. The molecular formula is C20H20N4O3S. The number of nitrogens with zero attached hydrogens (tertiary/aromatic N) is 4. The molecule has 0 radical (unpaired) electrons. The van der Waals surface area contributed by atoms with Crippen molar-refractivity contribution in [2.75, 3.05) is 31.2 Å². The number of anilines is 1. The van der Waals surface area contributed by atoms with E-state index >= 15 is 0 Å². The molecule has 0 N–H and O–H groups in total. The van der Waals surface area contributed by atoms with E-state index in [9.17, 15) is 15.4 Å². The van der Waals surface area contributed by atoms with Gasteiger partial charge in [-0.05, 0) is 42.9 Å². The highest BCUT2D eigenvalue weighted by Gasteiger charge is 2.22. The summed E-state index contributed by atoms with van der Waals surface area (Å²) in [4.78, 5) is 19.0. The minimum absolute atomic E-state index is 0.0665. The van der Waals surface area contributed by atoms with Gasteiger partial charge >= 0.3 is 0 Å². The molecule has 1 aromatic carbocycles. The third-order valence-corrected chi connectivity index (χ3v) is 6.34. The molecule has 1 aliphatic heterocycles. The highest BCUT2D eigenvalue weighted by Crippen LogP contribution is 2.39. The number of benzene rings is 1. The van der Waals surface area contributed by atoms with E-state index in [1.807, 2.05) is 11.0 Å². The summed E-state index contributed by atoms with van der Waals surface area (Å²) in [6.45, 7) is 2.42. The van der Waals surface area contributed by atoms with Crippen molar-refractivity contribution in [3.63, 3.8) is 0 Å². The zero-order valence-corrected chi connectivity index (χ0v) is 16.2. The number of nitro benzene ring substituents is 1. The van der Waals surface area contributed by atoms with Gasteiger partial charge in [-0.2, -0.15) is 5.26 Å². The molecular weight excluding hydrogens is 376 g/mol. The predicted octanol–water partition coefficient (Wildman–Crippen LogP) is 3.99. The fraction of sp³-hybridized carbons (Fsp3) is 0.400.